The van der Waals surface area contributed by atoms with Gasteiger partial charge in [0.05, 0.1) is 30.8 Å². The minimum absolute atomic E-state index is 0. The molecule has 0 radical (unpaired) electrons. The molecule has 0 saturated carbocycles. The fourth-order valence-corrected chi connectivity index (χ4v) is 3.49. The Kier molecular flexibility index (Phi) is 11.5. The molecule has 0 bridgehead atoms. The first-order valence-corrected chi connectivity index (χ1v) is 11.7. The van der Waals surface area contributed by atoms with Crippen molar-refractivity contribution < 1.29 is 14.2 Å². The van der Waals surface area contributed by atoms with E-state index in [4.69, 9.17) is 35.3 Å². The first-order valence-electron chi connectivity index (χ1n) is 11.7. The van der Waals surface area contributed by atoms with Gasteiger partial charge < -0.3 is 19.5 Å². The highest BCUT2D eigenvalue weighted by Gasteiger charge is 2.31. The summed E-state index contributed by atoms with van der Waals surface area (Å²) in [6.45, 7) is 6.50. The number of hydrogen-bond donors (Lipinski definition) is 1. The Hall–Kier alpha value is -4.99. The molecule has 2 aliphatic rings. The van der Waals surface area contributed by atoms with Crippen molar-refractivity contribution in [1.29, 1.82) is 21.0 Å². The quantitative estimate of drug-likeness (QED) is 0.587. The number of nitrogens with zero attached hydrogens (tertiary/aromatic N) is 5. The lowest BCUT2D eigenvalue weighted by atomic mass is 10.0. The normalized spacial score (nSPS) is 20.6. The fourth-order valence-electron chi connectivity index (χ4n) is 3.49. The number of benzene rings is 2. The summed E-state index contributed by atoms with van der Waals surface area (Å²) >= 11 is 0. The van der Waals surface area contributed by atoms with Crippen LogP contribution in [0.2, 0.25) is 0 Å². The van der Waals surface area contributed by atoms with Crippen LogP contribution in [0.1, 0.15) is 50.5 Å². The lowest BCUT2D eigenvalue weighted by Crippen LogP contribution is -2.21. The van der Waals surface area contributed by atoms with Crippen molar-refractivity contribution in [1.82, 2.24) is 5.32 Å². The second-order valence-corrected chi connectivity index (χ2v) is 7.82. The molecule has 2 aromatic rings. The summed E-state index contributed by atoms with van der Waals surface area (Å²) in [4.78, 5) is 4.31. The van der Waals surface area contributed by atoms with Crippen molar-refractivity contribution in [3.63, 3.8) is 0 Å². The summed E-state index contributed by atoms with van der Waals surface area (Å²) in [7, 11) is 0. The summed E-state index contributed by atoms with van der Waals surface area (Å²) in [6, 6.07) is 26.9. The lowest BCUT2D eigenvalue weighted by molar-refractivity contribution is 0.132. The molecular weight excluding hydrogens is 468 g/mol. The molecule has 4 atom stereocenters. The zero-order chi connectivity index (χ0) is 27.0. The second kappa shape index (κ2) is 15.1. The summed E-state index contributed by atoms with van der Waals surface area (Å²) in [5.74, 6) is 0.274. The highest BCUT2D eigenvalue weighted by atomic mass is 16.7. The van der Waals surface area contributed by atoms with E-state index in [1.54, 1.807) is 12.1 Å². The van der Waals surface area contributed by atoms with E-state index in [0.717, 1.165) is 11.1 Å². The number of nitrogens with one attached hydrogen (secondary N) is 1. The van der Waals surface area contributed by atoms with E-state index in [2.05, 4.69) is 10.3 Å². The molecule has 2 aliphatic heterocycles. The van der Waals surface area contributed by atoms with Crippen molar-refractivity contribution in [3.8, 4) is 24.3 Å². The molecule has 0 spiro atoms. The molecule has 2 aromatic carbocycles. The van der Waals surface area contributed by atoms with Crippen LogP contribution in [0, 0.1) is 45.3 Å². The summed E-state index contributed by atoms with van der Waals surface area (Å²) in [6.07, 6.45) is 0.245. The van der Waals surface area contributed by atoms with Crippen LogP contribution in [0.4, 0.5) is 0 Å². The number of nitriles is 4. The monoisotopic (exact) mass is 496 g/mol. The minimum Gasteiger partial charge on any atom is -0.467 e. The van der Waals surface area contributed by atoms with Gasteiger partial charge in [-0.1, -0.05) is 60.7 Å². The summed E-state index contributed by atoms with van der Waals surface area (Å²) < 4.78 is 16.5. The molecule has 188 valence electrons. The van der Waals surface area contributed by atoms with E-state index in [1.807, 2.05) is 93.6 Å². The van der Waals surface area contributed by atoms with Crippen LogP contribution >= 0.6 is 0 Å². The predicted molar refractivity (Wildman–Crippen MR) is 136 cm³/mol. The van der Waals surface area contributed by atoms with Gasteiger partial charge in [0.15, 0.2) is 11.7 Å². The Morgan fingerprint density at radius 2 is 1.41 bits per heavy atom. The van der Waals surface area contributed by atoms with Crippen molar-refractivity contribution in [2.75, 3.05) is 6.61 Å². The van der Waals surface area contributed by atoms with Crippen LogP contribution in [-0.4, -0.2) is 24.8 Å². The molecule has 1 fully saturated rings. The lowest BCUT2D eigenvalue weighted by Gasteiger charge is -2.14. The smallest absolute Gasteiger partial charge is 0.384 e. The van der Waals surface area contributed by atoms with Gasteiger partial charge in [0.1, 0.15) is 24.7 Å². The predicted octanol–water partition coefficient (Wildman–Crippen LogP) is 4.96. The van der Waals surface area contributed by atoms with E-state index in [1.165, 1.54) is 0 Å². The molecule has 2 heterocycles. The topological polar surface area (TPSA) is 147 Å². The maximum absolute atomic E-state index is 8.78. The largest absolute Gasteiger partial charge is 0.467 e. The number of allylic oxidation sites excluding steroid dienone is 1. The first kappa shape index (κ1) is 28.2. The van der Waals surface area contributed by atoms with Gasteiger partial charge in [-0.05, 0) is 31.9 Å². The van der Waals surface area contributed by atoms with Gasteiger partial charge in [0.25, 0.3) is 0 Å². The SMILES string of the molecule is CC1NC(=C(C#N)C#N)OC1c1ccccc1.CCOC1=NC(C)C(c2ccccc2)O1.N#CCC#N. The van der Waals surface area contributed by atoms with Gasteiger partial charge in [-0.3, -0.25) is 0 Å². The van der Waals surface area contributed by atoms with Crippen molar-refractivity contribution in [2.45, 2.75) is 51.5 Å². The molecule has 1 saturated heterocycles. The third kappa shape index (κ3) is 8.32. The van der Waals surface area contributed by atoms with Gasteiger partial charge in [0.2, 0.25) is 5.88 Å². The Morgan fingerprint density at radius 1 is 0.865 bits per heavy atom. The average Bonchev–Trinajstić information content (AvgIpc) is 3.49. The summed E-state index contributed by atoms with van der Waals surface area (Å²) in [5.41, 5.74) is 2.15. The van der Waals surface area contributed by atoms with Crippen LogP contribution in [-0.2, 0) is 14.2 Å². The fraction of sp³-hybridized carbons (Fsp3) is 0.321. The third-order valence-corrected chi connectivity index (χ3v) is 5.17. The molecule has 0 aromatic heterocycles. The maximum Gasteiger partial charge on any atom is 0.384 e. The van der Waals surface area contributed by atoms with Gasteiger partial charge in [-0.15, -0.1) is 0 Å². The summed E-state index contributed by atoms with van der Waals surface area (Å²) in [5, 5.41) is 35.8. The molecular formula is C28H28N6O3. The van der Waals surface area contributed by atoms with Gasteiger partial charge in [-0.25, -0.2) is 4.99 Å². The standard InChI is InChI=1S/C13H11N3O.C12H15NO2.C3H2N2/c1-9-12(10-5-3-2-4-6-10)17-13(16-9)11(7-14)8-15;1-3-14-12-13-9(2)11(15-12)10-7-5-4-6-8-10;4-2-1-3-5/h2-6,9,12,16H,1H3;4-9,11H,3H2,1-2H3;1H2. The minimum atomic E-state index is -0.164. The zero-order valence-corrected chi connectivity index (χ0v) is 21.0. The van der Waals surface area contributed by atoms with E-state index >= 15 is 0 Å². The van der Waals surface area contributed by atoms with E-state index in [-0.39, 0.29) is 42.2 Å². The molecule has 4 unspecified atom stereocenters. The Bertz CT molecular complexity index is 1210. The van der Waals surface area contributed by atoms with Crippen LogP contribution in [0.5, 0.6) is 0 Å². The van der Waals surface area contributed by atoms with E-state index < -0.39 is 0 Å². The van der Waals surface area contributed by atoms with Crippen LogP contribution < -0.4 is 5.32 Å². The molecule has 0 amide bonds. The number of ether oxygens (including phenoxy) is 3. The van der Waals surface area contributed by atoms with E-state index in [9.17, 15) is 0 Å². The first-order chi connectivity index (χ1) is 18.0. The molecule has 37 heavy (non-hydrogen) atoms. The Morgan fingerprint density at radius 3 is 1.86 bits per heavy atom. The Labute approximate surface area is 217 Å². The van der Waals surface area contributed by atoms with Gasteiger partial charge in [0, 0.05) is 0 Å². The molecule has 0 aliphatic carbocycles. The maximum atomic E-state index is 8.78. The van der Waals surface area contributed by atoms with E-state index in [0.29, 0.717) is 12.7 Å². The van der Waals surface area contributed by atoms with Crippen LogP contribution in [0.15, 0.2) is 77.1 Å². The molecule has 9 nitrogen and oxygen atoms in total. The van der Waals surface area contributed by atoms with Crippen molar-refractivity contribution in [2.24, 2.45) is 4.99 Å². The number of hydrogen-bond acceptors (Lipinski definition) is 9. The van der Waals surface area contributed by atoms with Crippen LogP contribution in [0.3, 0.4) is 0 Å². The second-order valence-electron chi connectivity index (χ2n) is 7.82. The molecule has 1 N–H and O–H groups in total. The van der Waals surface area contributed by atoms with Gasteiger partial charge in [-0.2, -0.15) is 21.0 Å². The third-order valence-electron chi connectivity index (χ3n) is 5.17. The highest BCUT2D eigenvalue weighted by molar-refractivity contribution is 5.69. The highest BCUT2D eigenvalue weighted by Crippen LogP contribution is 2.31. The zero-order valence-electron chi connectivity index (χ0n) is 21.0. The number of aliphatic imine (C=N–C) groups is 1. The average molecular weight is 497 g/mol. The number of rotatable bonds is 3. The van der Waals surface area contributed by atoms with Crippen LogP contribution in [0.25, 0.3) is 0 Å². The van der Waals surface area contributed by atoms with Crippen molar-refractivity contribution >= 4 is 6.08 Å². The van der Waals surface area contributed by atoms with Crippen molar-refractivity contribution in [3.05, 3.63) is 83.2 Å². The Balaban J connectivity index is 0.000000222. The van der Waals surface area contributed by atoms with Gasteiger partial charge >= 0.3 is 6.08 Å². The molecule has 9 heteroatoms. The molecule has 4 rings (SSSR count).